The van der Waals surface area contributed by atoms with Crippen molar-refractivity contribution in [1.82, 2.24) is 14.9 Å². The summed E-state index contributed by atoms with van der Waals surface area (Å²) in [7, 11) is 0. The summed E-state index contributed by atoms with van der Waals surface area (Å²) in [5.74, 6) is 1.57. The van der Waals surface area contributed by atoms with E-state index in [1.807, 2.05) is 6.07 Å². The van der Waals surface area contributed by atoms with Gasteiger partial charge in [-0.3, -0.25) is 4.99 Å². The van der Waals surface area contributed by atoms with Crippen molar-refractivity contribution < 1.29 is 0 Å². The second-order valence-electron chi connectivity index (χ2n) is 4.64. The van der Waals surface area contributed by atoms with Crippen LogP contribution in [0, 0.1) is 0 Å². The molecule has 0 spiro atoms. The number of halogens is 1. The minimum atomic E-state index is 0.165. The van der Waals surface area contributed by atoms with E-state index in [9.17, 15) is 0 Å². The molecule has 0 radical (unpaired) electrons. The molecular formula is C15H15BrN4. The van der Waals surface area contributed by atoms with E-state index < -0.39 is 0 Å². The second kappa shape index (κ2) is 5.71. The minimum Gasteiger partial charge on any atom is -0.352 e. The van der Waals surface area contributed by atoms with Crippen molar-refractivity contribution in [3.05, 3.63) is 58.6 Å². The lowest BCUT2D eigenvalue weighted by atomic mass is 10.1. The molecule has 0 unspecified atom stereocenters. The predicted molar refractivity (Wildman–Crippen MR) is 82.7 cm³/mol. The molecule has 1 aliphatic heterocycles. The Balaban J connectivity index is 1.93. The molecule has 1 aliphatic rings. The van der Waals surface area contributed by atoms with Crippen LogP contribution in [0.2, 0.25) is 0 Å². The van der Waals surface area contributed by atoms with Gasteiger partial charge < -0.3 is 4.90 Å². The van der Waals surface area contributed by atoms with Crippen molar-refractivity contribution in [2.24, 2.45) is 4.99 Å². The van der Waals surface area contributed by atoms with Gasteiger partial charge in [-0.2, -0.15) is 0 Å². The lowest BCUT2D eigenvalue weighted by Gasteiger charge is -2.17. The molecule has 102 valence electrons. The number of amidine groups is 1. The van der Waals surface area contributed by atoms with Crippen LogP contribution in [0.4, 0.5) is 0 Å². The predicted octanol–water partition coefficient (Wildman–Crippen LogP) is 3.06. The van der Waals surface area contributed by atoms with Gasteiger partial charge in [-0.05, 0) is 28.4 Å². The summed E-state index contributed by atoms with van der Waals surface area (Å²) in [5, 5.41) is 0. The average Bonchev–Trinajstić information content (AvgIpc) is 2.93. The highest BCUT2D eigenvalue weighted by atomic mass is 79.9. The van der Waals surface area contributed by atoms with E-state index in [2.05, 4.69) is 62.0 Å². The van der Waals surface area contributed by atoms with Gasteiger partial charge in [0.1, 0.15) is 0 Å². The molecule has 0 saturated carbocycles. The van der Waals surface area contributed by atoms with Crippen molar-refractivity contribution in [2.45, 2.75) is 13.0 Å². The van der Waals surface area contributed by atoms with Crippen LogP contribution in [0.25, 0.3) is 0 Å². The number of aliphatic imine (C=N–C) groups is 1. The van der Waals surface area contributed by atoms with Gasteiger partial charge >= 0.3 is 0 Å². The van der Waals surface area contributed by atoms with Crippen LogP contribution < -0.4 is 0 Å². The molecule has 0 N–H and O–H groups in total. The van der Waals surface area contributed by atoms with E-state index in [-0.39, 0.29) is 6.04 Å². The molecule has 0 saturated heterocycles. The van der Waals surface area contributed by atoms with Crippen molar-refractivity contribution in [1.29, 1.82) is 0 Å². The Morgan fingerprint density at radius 3 is 2.55 bits per heavy atom. The fraction of sp³-hybridized carbons (Fsp3) is 0.267. The van der Waals surface area contributed by atoms with Gasteiger partial charge in [0.15, 0.2) is 11.7 Å². The van der Waals surface area contributed by atoms with E-state index >= 15 is 0 Å². The smallest absolute Gasteiger partial charge is 0.195 e. The monoisotopic (exact) mass is 330 g/mol. The van der Waals surface area contributed by atoms with E-state index in [0.717, 1.165) is 23.4 Å². The molecule has 0 fully saturated rings. The normalized spacial score (nSPS) is 18.2. The van der Waals surface area contributed by atoms with Crippen molar-refractivity contribution >= 4 is 21.8 Å². The number of benzene rings is 1. The van der Waals surface area contributed by atoms with E-state index in [0.29, 0.717) is 5.82 Å². The van der Waals surface area contributed by atoms with Crippen LogP contribution in [0.3, 0.4) is 0 Å². The Morgan fingerprint density at radius 2 is 1.90 bits per heavy atom. The third-order valence-corrected chi connectivity index (χ3v) is 3.77. The van der Waals surface area contributed by atoms with Gasteiger partial charge in [-0.15, -0.1) is 0 Å². The molecule has 0 bridgehead atoms. The number of likely N-dealkylation sites (N-methyl/N-ethyl adjacent to an activating group) is 1. The Morgan fingerprint density at radius 1 is 1.20 bits per heavy atom. The summed E-state index contributed by atoms with van der Waals surface area (Å²) in [6, 6.07) is 10.5. The Kier molecular flexibility index (Phi) is 3.78. The number of hydrogen-bond donors (Lipinski definition) is 0. The van der Waals surface area contributed by atoms with Crippen molar-refractivity contribution in [3.63, 3.8) is 0 Å². The van der Waals surface area contributed by atoms with Crippen molar-refractivity contribution in [2.75, 3.05) is 13.1 Å². The second-order valence-corrected chi connectivity index (χ2v) is 5.56. The maximum Gasteiger partial charge on any atom is 0.195 e. The number of nitrogens with zero attached hydrogens (tertiary/aromatic N) is 4. The number of hydrogen-bond acceptors (Lipinski definition) is 4. The number of aromatic nitrogens is 2. The largest absolute Gasteiger partial charge is 0.352 e. The molecule has 2 heterocycles. The maximum absolute atomic E-state index is 4.81. The van der Waals surface area contributed by atoms with E-state index in [1.54, 1.807) is 12.4 Å². The summed E-state index contributed by atoms with van der Waals surface area (Å²) in [6.07, 6.45) is 3.52. The number of rotatable bonds is 3. The average molecular weight is 331 g/mol. The van der Waals surface area contributed by atoms with Crippen LogP contribution in [0.5, 0.6) is 0 Å². The summed E-state index contributed by atoms with van der Waals surface area (Å²) < 4.78 is 0.877. The fourth-order valence-electron chi connectivity index (χ4n) is 2.33. The first-order valence-corrected chi connectivity index (χ1v) is 7.43. The molecular weight excluding hydrogens is 316 g/mol. The van der Waals surface area contributed by atoms with Gasteiger partial charge in [-0.1, -0.05) is 30.3 Å². The maximum atomic E-state index is 4.81. The molecule has 2 aromatic rings. The topological polar surface area (TPSA) is 41.4 Å². The highest BCUT2D eigenvalue weighted by Crippen LogP contribution is 2.26. The first-order chi connectivity index (χ1) is 9.78. The molecule has 0 aliphatic carbocycles. The van der Waals surface area contributed by atoms with Gasteiger partial charge in [-0.25, -0.2) is 9.97 Å². The Bertz CT molecular complexity index is 610. The molecule has 20 heavy (non-hydrogen) atoms. The summed E-state index contributed by atoms with van der Waals surface area (Å²) in [4.78, 5) is 15.7. The third-order valence-electron chi connectivity index (χ3n) is 3.36. The first-order valence-electron chi connectivity index (χ1n) is 6.63. The summed E-state index contributed by atoms with van der Waals surface area (Å²) in [5.41, 5.74) is 1.23. The molecule has 4 nitrogen and oxygen atoms in total. The summed E-state index contributed by atoms with van der Waals surface area (Å²) in [6.45, 7) is 3.92. The lowest BCUT2D eigenvalue weighted by molar-refractivity contribution is 0.447. The van der Waals surface area contributed by atoms with Gasteiger partial charge in [0.2, 0.25) is 0 Å². The standard InChI is InChI=1S/C15H15BrN4/c1-2-20-10-13(11-6-4-3-5-7-11)19-15(20)14-17-8-12(16)9-18-14/h3-9,13H,2,10H2,1H3/t13-/m1/s1. The van der Waals surface area contributed by atoms with Gasteiger partial charge in [0, 0.05) is 25.5 Å². The quantitative estimate of drug-likeness (QED) is 0.868. The highest BCUT2D eigenvalue weighted by Gasteiger charge is 2.27. The molecule has 5 heteroatoms. The molecule has 1 aromatic heterocycles. The third kappa shape index (κ3) is 2.58. The molecule has 1 aromatic carbocycles. The van der Waals surface area contributed by atoms with Gasteiger partial charge in [0.05, 0.1) is 10.5 Å². The highest BCUT2D eigenvalue weighted by molar-refractivity contribution is 9.10. The van der Waals surface area contributed by atoms with Crippen LogP contribution >= 0.6 is 15.9 Å². The van der Waals surface area contributed by atoms with Crippen LogP contribution in [-0.4, -0.2) is 33.8 Å². The zero-order valence-electron chi connectivity index (χ0n) is 11.2. The van der Waals surface area contributed by atoms with Crippen LogP contribution in [0.15, 0.2) is 52.2 Å². The lowest BCUT2D eigenvalue weighted by Crippen LogP contribution is -2.29. The zero-order valence-corrected chi connectivity index (χ0v) is 12.8. The SMILES string of the molecule is CCN1C[C@H](c2ccccc2)N=C1c1ncc(Br)cn1. The Labute approximate surface area is 126 Å². The van der Waals surface area contributed by atoms with Gasteiger partial charge in [0.25, 0.3) is 0 Å². The Hall–Kier alpha value is -1.75. The molecule has 1 atom stereocenters. The van der Waals surface area contributed by atoms with E-state index in [4.69, 9.17) is 4.99 Å². The fourth-order valence-corrected chi connectivity index (χ4v) is 2.53. The first kappa shape index (κ1) is 13.2. The molecule has 0 amide bonds. The zero-order chi connectivity index (χ0) is 13.9. The van der Waals surface area contributed by atoms with E-state index in [1.165, 1.54) is 5.56 Å². The van der Waals surface area contributed by atoms with Crippen molar-refractivity contribution in [3.8, 4) is 0 Å². The van der Waals surface area contributed by atoms with Crippen LogP contribution in [0.1, 0.15) is 24.4 Å². The summed E-state index contributed by atoms with van der Waals surface area (Å²) >= 11 is 3.36. The minimum absolute atomic E-state index is 0.165. The molecule has 3 rings (SSSR count). The van der Waals surface area contributed by atoms with Crippen LogP contribution in [-0.2, 0) is 0 Å².